The van der Waals surface area contributed by atoms with Gasteiger partial charge < -0.3 is 9.47 Å². The average molecular weight is 299 g/mol. The van der Waals surface area contributed by atoms with Crippen LogP contribution >= 0.6 is 11.6 Å². The van der Waals surface area contributed by atoms with Gasteiger partial charge >= 0.3 is 0 Å². The molecular formula is C15H23ClN2O2. The van der Waals surface area contributed by atoms with E-state index in [9.17, 15) is 0 Å². The molecule has 1 fully saturated rings. The number of hydrogen-bond acceptors (Lipinski definition) is 4. The lowest BCUT2D eigenvalue weighted by molar-refractivity contribution is -0.0692. The fraction of sp³-hybridized carbons (Fsp3) is 0.600. The second kappa shape index (κ2) is 6.76. The lowest BCUT2D eigenvalue weighted by Gasteiger charge is -2.42. The van der Waals surface area contributed by atoms with Crippen LogP contribution in [-0.4, -0.2) is 19.8 Å². The van der Waals surface area contributed by atoms with Crippen LogP contribution < -0.4 is 16.0 Å². The van der Waals surface area contributed by atoms with E-state index in [1.165, 1.54) is 6.42 Å². The molecule has 5 heteroatoms. The van der Waals surface area contributed by atoms with Crippen LogP contribution in [0.5, 0.6) is 5.75 Å². The number of halogens is 1. The van der Waals surface area contributed by atoms with Crippen molar-refractivity contribution in [3.8, 4) is 5.75 Å². The Morgan fingerprint density at radius 2 is 1.95 bits per heavy atom. The van der Waals surface area contributed by atoms with Crippen LogP contribution in [-0.2, 0) is 4.74 Å². The normalized spacial score (nSPS) is 19.6. The minimum atomic E-state index is -0.301. The molecule has 1 saturated carbocycles. The van der Waals surface area contributed by atoms with Crippen LogP contribution in [0.2, 0.25) is 5.02 Å². The number of hydrazine groups is 1. The van der Waals surface area contributed by atoms with Gasteiger partial charge in [-0.1, -0.05) is 30.9 Å². The molecular weight excluding hydrogens is 276 g/mol. The maximum Gasteiger partial charge on any atom is 0.123 e. The summed E-state index contributed by atoms with van der Waals surface area (Å²) in [7, 11) is 3.41. The Bertz CT molecular complexity index is 447. The topological polar surface area (TPSA) is 56.5 Å². The van der Waals surface area contributed by atoms with Crippen LogP contribution in [0, 0.1) is 0 Å². The molecule has 1 aliphatic carbocycles. The van der Waals surface area contributed by atoms with Crippen molar-refractivity contribution in [3.05, 3.63) is 28.8 Å². The molecule has 2 rings (SSSR count). The Morgan fingerprint density at radius 3 is 2.50 bits per heavy atom. The minimum absolute atomic E-state index is 0.138. The van der Waals surface area contributed by atoms with Crippen LogP contribution in [0.25, 0.3) is 0 Å². The van der Waals surface area contributed by atoms with Gasteiger partial charge in [0, 0.05) is 17.7 Å². The molecule has 1 aromatic carbocycles. The summed E-state index contributed by atoms with van der Waals surface area (Å²) < 4.78 is 11.3. The summed E-state index contributed by atoms with van der Waals surface area (Å²) in [5.74, 6) is 6.62. The molecule has 1 aliphatic rings. The molecule has 0 radical (unpaired) electrons. The highest BCUT2D eigenvalue weighted by Crippen LogP contribution is 2.43. The molecule has 0 heterocycles. The molecule has 0 spiro atoms. The third-order valence-electron chi connectivity index (χ3n) is 4.30. The number of nitrogens with one attached hydrogen (secondary N) is 1. The number of ether oxygens (including phenoxy) is 2. The summed E-state index contributed by atoms with van der Waals surface area (Å²) in [6.45, 7) is 0. The highest BCUT2D eigenvalue weighted by Gasteiger charge is 2.41. The number of hydrogen-bond donors (Lipinski definition) is 2. The third kappa shape index (κ3) is 2.93. The van der Waals surface area contributed by atoms with Crippen molar-refractivity contribution >= 4 is 11.6 Å². The summed E-state index contributed by atoms with van der Waals surface area (Å²) in [4.78, 5) is 0. The Balaban J connectivity index is 2.42. The first-order valence-corrected chi connectivity index (χ1v) is 7.39. The predicted octanol–water partition coefficient (Wildman–Crippen LogP) is 3.20. The van der Waals surface area contributed by atoms with Gasteiger partial charge in [-0.25, -0.2) is 5.43 Å². The fourth-order valence-corrected chi connectivity index (χ4v) is 3.40. The first-order valence-electron chi connectivity index (χ1n) is 7.01. The molecule has 20 heavy (non-hydrogen) atoms. The van der Waals surface area contributed by atoms with Gasteiger partial charge in [0.05, 0.1) is 18.8 Å². The molecule has 0 aliphatic heterocycles. The Morgan fingerprint density at radius 1 is 1.25 bits per heavy atom. The largest absolute Gasteiger partial charge is 0.496 e. The van der Waals surface area contributed by atoms with Gasteiger partial charge in [0.25, 0.3) is 0 Å². The van der Waals surface area contributed by atoms with E-state index in [-0.39, 0.29) is 11.6 Å². The van der Waals surface area contributed by atoms with Gasteiger partial charge in [0.2, 0.25) is 0 Å². The van der Waals surface area contributed by atoms with E-state index in [1.807, 2.05) is 18.2 Å². The molecule has 112 valence electrons. The quantitative estimate of drug-likeness (QED) is 0.647. The Hall–Kier alpha value is -0.810. The van der Waals surface area contributed by atoms with Crippen molar-refractivity contribution in [1.82, 2.24) is 5.43 Å². The summed E-state index contributed by atoms with van der Waals surface area (Å²) in [6, 6.07) is 5.45. The first-order chi connectivity index (χ1) is 9.66. The molecule has 0 amide bonds. The number of rotatable bonds is 5. The standard InChI is InChI=1S/C15H23ClN2O2/c1-19-13-7-6-11(16)10-12(13)14(18-17)15(20-2)8-4-3-5-9-15/h6-7,10,14,18H,3-5,8-9,17H2,1-2H3. The SMILES string of the molecule is COc1ccc(Cl)cc1C(NN)C1(OC)CCCCC1. The maximum atomic E-state index is 6.14. The highest BCUT2D eigenvalue weighted by molar-refractivity contribution is 6.30. The van der Waals surface area contributed by atoms with Crippen LogP contribution in [0.3, 0.4) is 0 Å². The molecule has 0 bridgehead atoms. The van der Waals surface area contributed by atoms with E-state index in [4.69, 9.17) is 26.9 Å². The number of nitrogens with two attached hydrogens (primary N) is 1. The summed E-state index contributed by atoms with van der Waals surface area (Å²) in [6.07, 6.45) is 5.50. The predicted molar refractivity (Wildman–Crippen MR) is 80.9 cm³/mol. The Labute approximate surface area is 125 Å². The van der Waals surface area contributed by atoms with Crippen molar-refractivity contribution < 1.29 is 9.47 Å². The van der Waals surface area contributed by atoms with E-state index >= 15 is 0 Å². The van der Waals surface area contributed by atoms with E-state index < -0.39 is 0 Å². The van der Waals surface area contributed by atoms with E-state index in [2.05, 4.69) is 5.43 Å². The molecule has 3 N–H and O–H groups in total. The van der Waals surface area contributed by atoms with Gasteiger partial charge in [0.1, 0.15) is 5.75 Å². The average Bonchev–Trinajstić information content (AvgIpc) is 2.49. The van der Waals surface area contributed by atoms with Crippen molar-refractivity contribution in [2.75, 3.05) is 14.2 Å². The van der Waals surface area contributed by atoms with E-state index in [1.54, 1.807) is 14.2 Å². The summed E-state index contributed by atoms with van der Waals surface area (Å²) >= 11 is 6.14. The smallest absolute Gasteiger partial charge is 0.123 e. The number of methoxy groups -OCH3 is 2. The third-order valence-corrected chi connectivity index (χ3v) is 4.54. The van der Waals surface area contributed by atoms with E-state index in [0.717, 1.165) is 37.0 Å². The minimum Gasteiger partial charge on any atom is -0.496 e. The van der Waals surface area contributed by atoms with Crippen LogP contribution in [0.1, 0.15) is 43.7 Å². The van der Waals surface area contributed by atoms with E-state index in [0.29, 0.717) is 5.02 Å². The fourth-order valence-electron chi connectivity index (χ4n) is 3.22. The van der Waals surface area contributed by atoms with Gasteiger partial charge in [-0.05, 0) is 31.0 Å². The summed E-state index contributed by atoms with van der Waals surface area (Å²) in [5.41, 5.74) is 3.57. The number of benzene rings is 1. The molecule has 1 atom stereocenters. The second-order valence-electron chi connectivity index (χ2n) is 5.32. The lowest BCUT2D eigenvalue weighted by Crippen LogP contribution is -2.49. The molecule has 0 aromatic heterocycles. The summed E-state index contributed by atoms with van der Waals surface area (Å²) in [5, 5.41) is 0.670. The van der Waals surface area contributed by atoms with Gasteiger partial charge in [-0.15, -0.1) is 0 Å². The van der Waals surface area contributed by atoms with Crippen molar-refractivity contribution in [3.63, 3.8) is 0 Å². The zero-order valence-electron chi connectivity index (χ0n) is 12.1. The van der Waals surface area contributed by atoms with Crippen molar-refractivity contribution in [1.29, 1.82) is 0 Å². The van der Waals surface area contributed by atoms with Gasteiger partial charge in [-0.3, -0.25) is 5.84 Å². The lowest BCUT2D eigenvalue weighted by atomic mass is 9.76. The van der Waals surface area contributed by atoms with Crippen LogP contribution in [0.15, 0.2) is 18.2 Å². The Kier molecular flexibility index (Phi) is 5.27. The van der Waals surface area contributed by atoms with Crippen molar-refractivity contribution in [2.24, 2.45) is 5.84 Å². The van der Waals surface area contributed by atoms with Crippen molar-refractivity contribution in [2.45, 2.75) is 43.7 Å². The van der Waals surface area contributed by atoms with Gasteiger partial charge in [0.15, 0.2) is 0 Å². The molecule has 1 unspecified atom stereocenters. The highest BCUT2D eigenvalue weighted by atomic mass is 35.5. The monoisotopic (exact) mass is 298 g/mol. The molecule has 0 saturated heterocycles. The zero-order chi connectivity index (χ0) is 14.6. The second-order valence-corrected chi connectivity index (χ2v) is 5.75. The molecule has 1 aromatic rings. The van der Waals surface area contributed by atoms with Gasteiger partial charge in [-0.2, -0.15) is 0 Å². The first kappa shape index (κ1) is 15.6. The zero-order valence-corrected chi connectivity index (χ0v) is 12.9. The maximum absolute atomic E-state index is 6.14. The van der Waals surface area contributed by atoms with Crippen LogP contribution in [0.4, 0.5) is 0 Å². The molecule has 4 nitrogen and oxygen atoms in total.